The van der Waals surface area contributed by atoms with Crippen molar-refractivity contribution in [1.29, 1.82) is 0 Å². The minimum Gasteiger partial charge on any atom is -0.490 e. The normalized spacial score (nSPS) is 19.5. The van der Waals surface area contributed by atoms with Crippen molar-refractivity contribution >= 4 is 21.8 Å². The Balaban J connectivity index is 1.94. The van der Waals surface area contributed by atoms with Gasteiger partial charge in [-0.2, -0.15) is 0 Å². The summed E-state index contributed by atoms with van der Waals surface area (Å²) in [5, 5.41) is 3.23. The number of benzene rings is 1. The first-order valence-corrected chi connectivity index (χ1v) is 6.50. The Morgan fingerprint density at radius 2 is 2.44 bits per heavy atom. The maximum Gasteiger partial charge on any atom is 0.248 e. The lowest BCUT2D eigenvalue weighted by atomic mass is 10.2. The van der Waals surface area contributed by atoms with Gasteiger partial charge in [0.1, 0.15) is 18.5 Å². The van der Waals surface area contributed by atoms with E-state index in [9.17, 15) is 4.79 Å². The van der Waals surface area contributed by atoms with Gasteiger partial charge in [0.15, 0.2) is 0 Å². The number of hydrogen-bond acceptors (Lipinski definition) is 4. The quantitative estimate of drug-likeness (QED) is 0.866. The lowest BCUT2D eigenvalue weighted by Crippen LogP contribution is -2.41. The molecule has 1 amide bonds. The van der Waals surface area contributed by atoms with Crippen molar-refractivity contribution < 1.29 is 14.3 Å². The van der Waals surface area contributed by atoms with Gasteiger partial charge in [-0.3, -0.25) is 4.79 Å². The number of amides is 1. The van der Waals surface area contributed by atoms with Gasteiger partial charge >= 0.3 is 0 Å². The fourth-order valence-corrected chi connectivity index (χ4v) is 2.17. The number of rotatable bonds is 4. The summed E-state index contributed by atoms with van der Waals surface area (Å²) in [6.45, 7) is 2.85. The van der Waals surface area contributed by atoms with Crippen LogP contribution in [0.25, 0.3) is 0 Å². The van der Waals surface area contributed by atoms with Crippen LogP contribution >= 0.6 is 15.9 Å². The molecule has 2 rings (SSSR count). The molecule has 0 bridgehead atoms. The summed E-state index contributed by atoms with van der Waals surface area (Å²) in [5.74, 6) is 0.219. The van der Waals surface area contributed by atoms with Gasteiger partial charge in [0.25, 0.3) is 0 Å². The second-order valence-electron chi connectivity index (χ2n) is 4.02. The molecule has 0 aliphatic carbocycles. The van der Waals surface area contributed by atoms with E-state index in [1.54, 1.807) is 18.2 Å². The van der Waals surface area contributed by atoms with Gasteiger partial charge in [0.2, 0.25) is 5.91 Å². The molecule has 1 aromatic rings. The summed E-state index contributed by atoms with van der Waals surface area (Å²) in [7, 11) is 0. The Hall–Kier alpha value is -1.11. The van der Waals surface area contributed by atoms with Gasteiger partial charge in [-0.25, -0.2) is 0 Å². The van der Waals surface area contributed by atoms with E-state index in [4.69, 9.17) is 15.2 Å². The number of carbonyl (C=O) groups excluding carboxylic acids is 1. The number of ether oxygens (including phenoxy) is 2. The zero-order valence-electron chi connectivity index (χ0n) is 9.82. The Labute approximate surface area is 114 Å². The molecule has 3 N–H and O–H groups in total. The Bertz CT molecular complexity index is 433. The van der Waals surface area contributed by atoms with E-state index in [1.807, 2.05) is 0 Å². The van der Waals surface area contributed by atoms with E-state index in [-0.39, 0.29) is 6.10 Å². The highest BCUT2D eigenvalue weighted by Crippen LogP contribution is 2.26. The van der Waals surface area contributed by atoms with Crippen LogP contribution in [0.3, 0.4) is 0 Å². The van der Waals surface area contributed by atoms with E-state index < -0.39 is 5.91 Å². The second kappa shape index (κ2) is 6.17. The van der Waals surface area contributed by atoms with Crippen molar-refractivity contribution in [3.8, 4) is 5.75 Å². The summed E-state index contributed by atoms with van der Waals surface area (Å²) in [4.78, 5) is 11.0. The van der Waals surface area contributed by atoms with Crippen LogP contribution in [-0.2, 0) is 4.74 Å². The predicted octanol–water partition coefficient (Wildman–Crippen LogP) is 0.915. The van der Waals surface area contributed by atoms with E-state index in [2.05, 4.69) is 21.2 Å². The molecule has 5 nitrogen and oxygen atoms in total. The molecule has 0 spiro atoms. The summed E-state index contributed by atoms with van der Waals surface area (Å²) in [6.07, 6.45) is 0.0569. The summed E-state index contributed by atoms with van der Waals surface area (Å²) in [6, 6.07) is 5.01. The lowest BCUT2D eigenvalue weighted by molar-refractivity contribution is 0.0000392. The zero-order chi connectivity index (χ0) is 13.0. The minimum absolute atomic E-state index is 0.0569. The summed E-state index contributed by atoms with van der Waals surface area (Å²) in [5.41, 5.74) is 5.64. The van der Waals surface area contributed by atoms with Crippen molar-refractivity contribution in [1.82, 2.24) is 5.32 Å². The maximum atomic E-state index is 11.0. The fourth-order valence-electron chi connectivity index (χ4n) is 1.68. The van der Waals surface area contributed by atoms with E-state index in [0.717, 1.165) is 13.1 Å². The summed E-state index contributed by atoms with van der Waals surface area (Å²) >= 11 is 3.35. The molecular formula is C12H15BrN2O3. The number of hydrogen-bond donors (Lipinski definition) is 2. The molecule has 1 unspecified atom stereocenters. The highest BCUT2D eigenvalue weighted by molar-refractivity contribution is 9.10. The SMILES string of the molecule is NC(=O)c1ccc(OCC2CNCCO2)c(Br)c1. The topological polar surface area (TPSA) is 73.6 Å². The molecule has 98 valence electrons. The van der Waals surface area contributed by atoms with Crippen LogP contribution in [-0.4, -0.2) is 38.3 Å². The van der Waals surface area contributed by atoms with Crippen molar-refractivity contribution in [3.63, 3.8) is 0 Å². The molecule has 1 aliphatic rings. The number of morpholine rings is 1. The molecule has 1 fully saturated rings. The van der Waals surface area contributed by atoms with E-state index in [1.165, 1.54) is 0 Å². The number of nitrogens with one attached hydrogen (secondary N) is 1. The van der Waals surface area contributed by atoms with Crippen molar-refractivity contribution in [3.05, 3.63) is 28.2 Å². The number of carbonyl (C=O) groups is 1. The third kappa shape index (κ3) is 3.44. The zero-order valence-corrected chi connectivity index (χ0v) is 11.4. The molecule has 0 radical (unpaired) electrons. The summed E-state index contributed by atoms with van der Waals surface area (Å²) < 4.78 is 11.9. The lowest BCUT2D eigenvalue weighted by Gasteiger charge is -2.23. The van der Waals surface area contributed by atoms with Gasteiger partial charge < -0.3 is 20.5 Å². The van der Waals surface area contributed by atoms with Crippen molar-refractivity contribution in [2.24, 2.45) is 5.73 Å². The smallest absolute Gasteiger partial charge is 0.248 e. The van der Waals surface area contributed by atoms with Gasteiger partial charge in [-0.05, 0) is 34.1 Å². The van der Waals surface area contributed by atoms with Crippen molar-refractivity contribution in [2.75, 3.05) is 26.3 Å². The second-order valence-corrected chi connectivity index (χ2v) is 4.87. The molecule has 18 heavy (non-hydrogen) atoms. The predicted molar refractivity (Wildman–Crippen MR) is 70.8 cm³/mol. The highest BCUT2D eigenvalue weighted by atomic mass is 79.9. The van der Waals surface area contributed by atoms with Crippen LogP contribution in [0.15, 0.2) is 22.7 Å². The monoisotopic (exact) mass is 314 g/mol. The van der Waals surface area contributed by atoms with E-state index >= 15 is 0 Å². The molecule has 0 saturated carbocycles. The molecule has 1 aliphatic heterocycles. The van der Waals surface area contributed by atoms with Crippen LogP contribution in [0.4, 0.5) is 0 Å². The Kier molecular flexibility index (Phi) is 4.57. The maximum absolute atomic E-state index is 11.0. The molecule has 1 heterocycles. The first-order chi connectivity index (χ1) is 8.66. The van der Waals surface area contributed by atoms with Gasteiger partial charge in [-0.1, -0.05) is 0 Å². The third-order valence-corrected chi connectivity index (χ3v) is 3.27. The average Bonchev–Trinajstić information content (AvgIpc) is 2.38. The number of halogens is 1. The Morgan fingerprint density at radius 3 is 3.06 bits per heavy atom. The molecule has 1 atom stereocenters. The third-order valence-electron chi connectivity index (χ3n) is 2.65. The average molecular weight is 315 g/mol. The van der Waals surface area contributed by atoms with Crippen LogP contribution in [0.5, 0.6) is 5.75 Å². The molecule has 1 saturated heterocycles. The minimum atomic E-state index is -0.456. The number of nitrogens with two attached hydrogens (primary N) is 1. The Morgan fingerprint density at radius 1 is 1.61 bits per heavy atom. The van der Waals surface area contributed by atoms with Crippen LogP contribution in [0.1, 0.15) is 10.4 Å². The van der Waals surface area contributed by atoms with E-state index in [0.29, 0.717) is 29.0 Å². The molecule has 1 aromatic carbocycles. The molecule has 0 aromatic heterocycles. The van der Waals surface area contributed by atoms with Gasteiger partial charge in [-0.15, -0.1) is 0 Å². The number of primary amides is 1. The fraction of sp³-hybridized carbons (Fsp3) is 0.417. The first-order valence-electron chi connectivity index (χ1n) is 5.71. The van der Waals surface area contributed by atoms with Gasteiger partial charge in [0.05, 0.1) is 11.1 Å². The van der Waals surface area contributed by atoms with Gasteiger partial charge in [0, 0.05) is 18.7 Å². The molecule has 6 heteroatoms. The van der Waals surface area contributed by atoms with Crippen LogP contribution < -0.4 is 15.8 Å². The highest BCUT2D eigenvalue weighted by Gasteiger charge is 2.15. The largest absolute Gasteiger partial charge is 0.490 e. The van der Waals surface area contributed by atoms with Crippen LogP contribution in [0, 0.1) is 0 Å². The van der Waals surface area contributed by atoms with Crippen molar-refractivity contribution in [2.45, 2.75) is 6.10 Å². The standard InChI is InChI=1S/C12H15BrN2O3/c13-10-5-8(12(14)16)1-2-11(10)18-7-9-6-15-3-4-17-9/h1-2,5,9,15H,3-4,6-7H2,(H2,14,16). The molecular weight excluding hydrogens is 300 g/mol. The first kappa shape index (κ1) is 13.3. The van der Waals surface area contributed by atoms with Crippen LogP contribution in [0.2, 0.25) is 0 Å².